The normalized spacial score (nSPS) is 14.2. The Morgan fingerprint density at radius 2 is 2.00 bits per heavy atom. The first kappa shape index (κ1) is 18.1. The zero-order valence-electron chi connectivity index (χ0n) is 14.4. The molecule has 1 aromatic heterocycles. The average Bonchev–Trinajstić information content (AvgIpc) is 3.26. The number of aryl methyl sites for hydroxylation is 1. The summed E-state index contributed by atoms with van der Waals surface area (Å²) in [7, 11) is 0. The first-order valence-electron chi connectivity index (χ1n) is 8.37. The van der Waals surface area contributed by atoms with Crippen molar-refractivity contribution in [3.8, 4) is 0 Å². The Labute approximate surface area is 155 Å². The molecule has 0 atom stereocenters. The lowest BCUT2D eigenvalue weighted by Gasteiger charge is -2.15. The van der Waals surface area contributed by atoms with Crippen LogP contribution in [0, 0.1) is 6.92 Å². The lowest BCUT2D eigenvalue weighted by molar-refractivity contribution is -0.136. The van der Waals surface area contributed by atoms with E-state index in [0.29, 0.717) is 18.5 Å². The summed E-state index contributed by atoms with van der Waals surface area (Å²) in [6.45, 7) is 2.36. The maximum Gasteiger partial charge on any atom is 0.331 e. The van der Waals surface area contributed by atoms with Gasteiger partial charge in [-0.3, -0.25) is 9.59 Å². The fourth-order valence-corrected chi connectivity index (χ4v) is 3.53. The summed E-state index contributed by atoms with van der Waals surface area (Å²) < 4.78 is 5.01. The minimum absolute atomic E-state index is 0.103. The number of hydrogen-bond donors (Lipinski definition) is 0. The van der Waals surface area contributed by atoms with E-state index in [9.17, 15) is 14.4 Å². The van der Waals surface area contributed by atoms with E-state index in [1.54, 1.807) is 35.2 Å². The van der Waals surface area contributed by atoms with Crippen LogP contribution in [0.4, 0.5) is 5.69 Å². The molecule has 1 aliphatic rings. The van der Waals surface area contributed by atoms with Crippen LogP contribution in [-0.4, -0.2) is 30.8 Å². The lowest BCUT2D eigenvalue weighted by Crippen LogP contribution is -2.23. The van der Waals surface area contributed by atoms with E-state index in [1.165, 1.54) is 17.4 Å². The summed E-state index contributed by atoms with van der Waals surface area (Å²) in [6, 6.07) is 8.78. The third-order valence-electron chi connectivity index (χ3n) is 4.19. The number of hydrogen-bond acceptors (Lipinski definition) is 5. The van der Waals surface area contributed by atoms with Gasteiger partial charge in [-0.15, -0.1) is 11.3 Å². The summed E-state index contributed by atoms with van der Waals surface area (Å²) in [6.07, 6.45) is 4.44. The molecule has 1 aromatic carbocycles. The van der Waals surface area contributed by atoms with Gasteiger partial charge in [0.25, 0.3) is 0 Å². The summed E-state index contributed by atoms with van der Waals surface area (Å²) in [5, 5.41) is 1.95. The molecule has 2 heterocycles. The SMILES string of the molecule is Cc1ccsc1/C=C/C(=O)OCC(=O)c1ccc(N2CCCC2=O)cc1. The van der Waals surface area contributed by atoms with Crippen molar-refractivity contribution in [1.82, 2.24) is 0 Å². The predicted molar refractivity (Wildman–Crippen MR) is 101 cm³/mol. The van der Waals surface area contributed by atoms with E-state index in [2.05, 4.69) is 0 Å². The van der Waals surface area contributed by atoms with Crippen molar-refractivity contribution in [3.05, 3.63) is 57.8 Å². The Bertz CT molecular complexity index is 851. The van der Waals surface area contributed by atoms with Gasteiger partial charge in [-0.05, 0) is 60.7 Å². The Morgan fingerprint density at radius 3 is 2.62 bits per heavy atom. The van der Waals surface area contributed by atoms with Gasteiger partial charge >= 0.3 is 5.97 Å². The number of anilines is 1. The lowest BCUT2D eigenvalue weighted by atomic mass is 10.1. The number of ether oxygens (including phenoxy) is 1. The van der Waals surface area contributed by atoms with Crippen LogP contribution in [-0.2, 0) is 14.3 Å². The highest BCUT2D eigenvalue weighted by Crippen LogP contribution is 2.21. The molecule has 5 nitrogen and oxygen atoms in total. The van der Waals surface area contributed by atoms with Crippen LogP contribution < -0.4 is 4.90 Å². The molecule has 1 fully saturated rings. The van der Waals surface area contributed by atoms with Gasteiger partial charge in [-0.1, -0.05) is 0 Å². The number of thiophene rings is 1. The molecule has 1 saturated heterocycles. The molecule has 0 saturated carbocycles. The number of Topliss-reactive ketones (excluding diaryl/α,β-unsaturated/α-hetero) is 1. The molecule has 0 spiro atoms. The molecular formula is C20H19NO4S. The van der Waals surface area contributed by atoms with Crippen molar-refractivity contribution >= 4 is 40.8 Å². The van der Waals surface area contributed by atoms with Crippen molar-refractivity contribution in [3.63, 3.8) is 0 Å². The van der Waals surface area contributed by atoms with Gasteiger partial charge < -0.3 is 9.64 Å². The molecule has 0 aliphatic carbocycles. The molecule has 1 aliphatic heterocycles. The minimum atomic E-state index is -0.551. The predicted octanol–water partition coefficient (Wildman–Crippen LogP) is 3.62. The highest BCUT2D eigenvalue weighted by Gasteiger charge is 2.21. The third kappa shape index (κ3) is 4.26. The quantitative estimate of drug-likeness (QED) is 0.443. The molecule has 2 aromatic rings. The van der Waals surface area contributed by atoms with E-state index in [-0.39, 0.29) is 18.3 Å². The molecule has 0 radical (unpaired) electrons. The van der Waals surface area contributed by atoms with Crippen molar-refractivity contribution < 1.29 is 19.1 Å². The molecule has 0 bridgehead atoms. The van der Waals surface area contributed by atoms with Gasteiger partial charge in [0.1, 0.15) is 0 Å². The monoisotopic (exact) mass is 369 g/mol. The van der Waals surface area contributed by atoms with Crippen LogP contribution in [0.2, 0.25) is 0 Å². The van der Waals surface area contributed by atoms with Crippen molar-refractivity contribution in [2.24, 2.45) is 0 Å². The first-order chi connectivity index (χ1) is 12.5. The molecule has 3 rings (SSSR count). The maximum atomic E-state index is 12.2. The smallest absolute Gasteiger partial charge is 0.331 e. The van der Waals surface area contributed by atoms with Crippen molar-refractivity contribution in [1.29, 1.82) is 0 Å². The Kier molecular flexibility index (Phi) is 5.63. The highest BCUT2D eigenvalue weighted by atomic mass is 32.1. The second-order valence-electron chi connectivity index (χ2n) is 6.03. The molecule has 0 N–H and O–H groups in total. The second-order valence-corrected chi connectivity index (χ2v) is 6.98. The van der Waals surface area contributed by atoms with E-state index >= 15 is 0 Å². The minimum Gasteiger partial charge on any atom is -0.454 e. The number of esters is 1. The molecule has 6 heteroatoms. The number of ketones is 1. The van der Waals surface area contributed by atoms with Crippen LogP contribution >= 0.6 is 11.3 Å². The summed E-state index contributed by atoms with van der Waals surface area (Å²) in [5.74, 6) is -0.727. The van der Waals surface area contributed by atoms with Crippen LogP contribution in [0.5, 0.6) is 0 Å². The van der Waals surface area contributed by atoms with E-state index in [1.807, 2.05) is 18.4 Å². The number of carbonyl (C=O) groups excluding carboxylic acids is 3. The standard InChI is InChI=1S/C20H19NO4S/c1-14-10-12-26-18(14)8-9-20(24)25-13-17(22)15-4-6-16(7-5-15)21-11-2-3-19(21)23/h4-10,12H,2-3,11,13H2,1H3/b9-8+. The number of carbonyl (C=O) groups is 3. The zero-order chi connectivity index (χ0) is 18.5. The van der Waals surface area contributed by atoms with Crippen molar-refractivity contribution in [2.45, 2.75) is 19.8 Å². The van der Waals surface area contributed by atoms with Crippen LogP contribution in [0.3, 0.4) is 0 Å². The summed E-state index contributed by atoms with van der Waals surface area (Å²) in [5.41, 5.74) is 2.33. The molecule has 0 unspecified atom stereocenters. The fraction of sp³-hybridized carbons (Fsp3) is 0.250. The summed E-state index contributed by atoms with van der Waals surface area (Å²) >= 11 is 1.54. The maximum absolute atomic E-state index is 12.2. The second kappa shape index (κ2) is 8.10. The van der Waals surface area contributed by atoms with Gasteiger partial charge in [0, 0.05) is 35.2 Å². The average molecular weight is 369 g/mol. The third-order valence-corrected chi connectivity index (χ3v) is 5.18. The van der Waals surface area contributed by atoms with E-state index in [0.717, 1.165) is 22.5 Å². The molecule has 134 valence electrons. The van der Waals surface area contributed by atoms with Crippen LogP contribution in [0.15, 0.2) is 41.8 Å². The van der Waals surface area contributed by atoms with Gasteiger partial charge in [0.15, 0.2) is 12.4 Å². The molecule has 26 heavy (non-hydrogen) atoms. The fourth-order valence-electron chi connectivity index (χ4n) is 2.72. The van der Waals surface area contributed by atoms with Crippen molar-refractivity contribution in [2.75, 3.05) is 18.1 Å². The van der Waals surface area contributed by atoms with Gasteiger partial charge in [-0.25, -0.2) is 4.79 Å². The first-order valence-corrected chi connectivity index (χ1v) is 9.25. The number of benzene rings is 1. The highest BCUT2D eigenvalue weighted by molar-refractivity contribution is 7.11. The van der Waals surface area contributed by atoms with Gasteiger partial charge in [0.2, 0.25) is 5.91 Å². The van der Waals surface area contributed by atoms with Crippen LogP contribution in [0.1, 0.15) is 33.6 Å². The van der Waals surface area contributed by atoms with Crippen LogP contribution in [0.25, 0.3) is 6.08 Å². The number of rotatable bonds is 6. The number of amides is 1. The van der Waals surface area contributed by atoms with Gasteiger partial charge in [-0.2, -0.15) is 0 Å². The topological polar surface area (TPSA) is 63.7 Å². The van der Waals surface area contributed by atoms with E-state index in [4.69, 9.17) is 4.74 Å². The summed E-state index contributed by atoms with van der Waals surface area (Å²) in [4.78, 5) is 38.3. The molecular weight excluding hydrogens is 350 g/mol. The molecule has 1 amide bonds. The van der Waals surface area contributed by atoms with Gasteiger partial charge in [0.05, 0.1) is 0 Å². The Balaban J connectivity index is 1.53. The number of nitrogens with zero attached hydrogens (tertiary/aromatic N) is 1. The Morgan fingerprint density at radius 1 is 1.23 bits per heavy atom. The largest absolute Gasteiger partial charge is 0.454 e. The van der Waals surface area contributed by atoms with E-state index < -0.39 is 5.97 Å². The Hall–Kier alpha value is -2.73. The zero-order valence-corrected chi connectivity index (χ0v) is 15.3.